The Morgan fingerprint density at radius 2 is 2.20 bits per heavy atom. The van der Waals surface area contributed by atoms with E-state index in [0.29, 0.717) is 15.1 Å². The smallest absolute Gasteiger partial charge is 0.129 e. The highest BCUT2D eigenvalue weighted by molar-refractivity contribution is 9.10. The van der Waals surface area contributed by atoms with E-state index in [1.807, 2.05) is 7.05 Å². The van der Waals surface area contributed by atoms with Crippen LogP contribution in [0.5, 0.6) is 0 Å². The fourth-order valence-electron chi connectivity index (χ4n) is 1.55. The summed E-state index contributed by atoms with van der Waals surface area (Å²) in [5.74, 6) is -0.223. The number of hydrogen-bond acceptors (Lipinski definition) is 1. The van der Waals surface area contributed by atoms with Crippen LogP contribution in [0.15, 0.2) is 16.6 Å². The molecule has 1 N–H and O–H groups in total. The molecule has 0 amide bonds. The van der Waals surface area contributed by atoms with Gasteiger partial charge in [-0.15, -0.1) is 0 Å². The third-order valence-corrected chi connectivity index (χ3v) is 3.54. The van der Waals surface area contributed by atoms with Crippen molar-refractivity contribution in [1.29, 1.82) is 0 Å². The molecule has 1 aromatic rings. The van der Waals surface area contributed by atoms with Crippen LogP contribution in [0.4, 0.5) is 4.39 Å². The van der Waals surface area contributed by atoms with E-state index < -0.39 is 0 Å². The average molecular weight is 295 g/mol. The fraction of sp³-hybridized carbons (Fsp3) is 0.455. The molecule has 84 valence electrons. The van der Waals surface area contributed by atoms with Crippen LogP contribution in [0.2, 0.25) is 5.02 Å². The van der Waals surface area contributed by atoms with Gasteiger partial charge in [0.15, 0.2) is 0 Å². The molecule has 0 saturated heterocycles. The first kappa shape index (κ1) is 12.9. The van der Waals surface area contributed by atoms with Gasteiger partial charge in [0, 0.05) is 16.1 Å². The molecule has 0 heterocycles. The molecule has 1 rings (SSSR count). The van der Waals surface area contributed by atoms with E-state index in [2.05, 4.69) is 28.2 Å². The maximum Gasteiger partial charge on any atom is 0.129 e. The van der Waals surface area contributed by atoms with Crippen molar-refractivity contribution in [3.63, 3.8) is 0 Å². The largest absolute Gasteiger partial charge is 0.313 e. The Balaban J connectivity index is 3.06. The van der Waals surface area contributed by atoms with E-state index in [9.17, 15) is 4.39 Å². The molecule has 4 heteroatoms. The van der Waals surface area contributed by atoms with E-state index in [4.69, 9.17) is 11.6 Å². The van der Waals surface area contributed by atoms with Gasteiger partial charge >= 0.3 is 0 Å². The summed E-state index contributed by atoms with van der Waals surface area (Å²) >= 11 is 9.14. The molecule has 1 atom stereocenters. The first-order chi connectivity index (χ1) is 7.10. The van der Waals surface area contributed by atoms with Gasteiger partial charge in [0.2, 0.25) is 0 Å². The monoisotopic (exact) mass is 293 g/mol. The van der Waals surface area contributed by atoms with Gasteiger partial charge in [-0.1, -0.05) is 24.9 Å². The standard InChI is InChI=1S/C11H14BrClFN/c1-3-4-11(15-2)7-5-9(13)8(12)6-10(7)14/h5-6,11,15H,3-4H2,1-2H3. The molecule has 0 aliphatic rings. The van der Waals surface area contributed by atoms with E-state index in [-0.39, 0.29) is 11.9 Å². The molecule has 1 aromatic carbocycles. The van der Waals surface area contributed by atoms with Gasteiger partial charge in [-0.3, -0.25) is 0 Å². The van der Waals surface area contributed by atoms with Crippen molar-refractivity contribution in [2.45, 2.75) is 25.8 Å². The quantitative estimate of drug-likeness (QED) is 0.816. The van der Waals surface area contributed by atoms with Crippen molar-refractivity contribution in [1.82, 2.24) is 5.32 Å². The number of hydrogen-bond donors (Lipinski definition) is 1. The van der Waals surface area contributed by atoms with Gasteiger partial charge in [-0.2, -0.15) is 0 Å². The molecule has 0 saturated carbocycles. The number of rotatable bonds is 4. The van der Waals surface area contributed by atoms with Gasteiger partial charge in [-0.05, 0) is 41.5 Å². The Labute approximate surface area is 103 Å². The molecule has 0 aromatic heterocycles. The Kier molecular flexibility index (Phi) is 5.03. The minimum atomic E-state index is -0.223. The minimum Gasteiger partial charge on any atom is -0.313 e. The molecular formula is C11H14BrClFN. The Morgan fingerprint density at radius 3 is 2.73 bits per heavy atom. The van der Waals surface area contributed by atoms with Gasteiger partial charge in [0.05, 0.1) is 5.02 Å². The van der Waals surface area contributed by atoms with Crippen molar-refractivity contribution in [3.8, 4) is 0 Å². The van der Waals surface area contributed by atoms with Crippen LogP contribution in [0, 0.1) is 5.82 Å². The lowest BCUT2D eigenvalue weighted by Crippen LogP contribution is -2.17. The van der Waals surface area contributed by atoms with Crippen LogP contribution in [-0.4, -0.2) is 7.05 Å². The zero-order chi connectivity index (χ0) is 11.4. The second kappa shape index (κ2) is 5.83. The molecule has 1 nitrogen and oxygen atoms in total. The highest BCUT2D eigenvalue weighted by Crippen LogP contribution is 2.30. The predicted octanol–water partition coefficient (Wildman–Crippen LogP) is 4.30. The summed E-state index contributed by atoms with van der Waals surface area (Å²) in [6, 6.07) is 3.12. The van der Waals surface area contributed by atoms with Crippen LogP contribution in [0.25, 0.3) is 0 Å². The molecule has 1 unspecified atom stereocenters. The molecule has 0 spiro atoms. The van der Waals surface area contributed by atoms with Crippen LogP contribution < -0.4 is 5.32 Å². The molecule has 0 radical (unpaired) electrons. The SMILES string of the molecule is CCCC(NC)c1cc(Cl)c(Br)cc1F. The maximum absolute atomic E-state index is 13.7. The van der Waals surface area contributed by atoms with Gasteiger partial charge in [0.1, 0.15) is 5.82 Å². The van der Waals surface area contributed by atoms with Gasteiger partial charge < -0.3 is 5.32 Å². The Bertz CT molecular complexity index is 344. The predicted molar refractivity (Wildman–Crippen MR) is 65.8 cm³/mol. The lowest BCUT2D eigenvalue weighted by Gasteiger charge is -2.17. The summed E-state index contributed by atoms with van der Waals surface area (Å²) < 4.78 is 14.3. The molecule has 0 aliphatic carbocycles. The fourth-order valence-corrected chi connectivity index (χ4v) is 2.04. The second-order valence-electron chi connectivity index (χ2n) is 3.42. The summed E-state index contributed by atoms with van der Waals surface area (Å²) in [6.45, 7) is 2.07. The second-order valence-corrected chi connectivity index (χ2v) is 4.68. The van der Waals surface area contributed by atoms with E-state index in [1.54, 1.807) is 6.07 Å². The van der Waals surface area contributed by atoms with Crippen LogP contribution >= 0.6 is 27.5 Å². The average Bonchev–Trinajstić information content (AvgIpc) is 2.20. The number of halogens is 3. The van der Waals surface area contributed by atoms with Gasteiger partial charge in [0.25, 0.3) is 0 Å². The Hall–Kier alpha value is -0.120. The van der Waals surface area contributed by atoms with Crippen molar-refractivity contribution >= 4 is 27.5 Å². The molecule has 0 fully saturated rings. The normalized spacial score (nSPS) is 12.9. The van der Waals surface area contributed by atoms with Crippen molar-refractivity contribution in [3.05, 3.63) is 33.0 Å². The topological polar surface area (TPSA) is 12.0 Å². The highest BCUT2D eigenvalue weighted by Gasteiger charge is 2.15. The first-order valence-electron chi connectivity index (χ1n) is 4.91. The molecular weight excluding hydrogens is 280 g/mol. The van der Waals surface area contributed by atoms with E-state index in [1.165, 1.54) is 6.07 Å². The zero-order valence-electron chi connectivity index (χ0n) is 8.78. The number of benzene rings is 1. The zero-order valence-corrected chi connectivity index (χ0v) is 11.1. The first-order valence-corrected chi connectivity index (χ1v) is 6.09. The summed E-state index contributed by atoms with van der Waals surface area (Å²) in [6.07, 6.45) is 1.89. The van der Waals surface area contributed by atoms with Crippen LogP contribution in [-0.2, 0) is 0 Å². The highest BCUT2D eigenvalue weighted by atomic mass is 79.9. The minimum absolute atomic E-state index is 0.0283. The van der Waals surface area contributed by atoms with E-state index >= 15 is 0 Å². The third-order valence-electron chi connectivity index (χ3n) is 2.34. The summed E-state index contributed by atoms with van der Waals surface area (Å²) in [5.41, 5.74) is 0.632. The van der Waals surface area contributed by atoms with Crippen LogP contribution in [0.3, 0.4) is 0 Å². The summed E-state index contributed by atoms with van der Waals surface area (Å²) in [4.78, 5) is 0. The number of nitrogens with one attached hydrogen (secondary N) is 1. The van der Waals surface area contributed by atoms with Gasteiger partial charge in [-0.25, -0.2) is 4.39 Å². The molecule has 15 heavy (non-hydrogen) atoms. The molecule has 0 bridgehead atoms. The Morgan fingerprint density at radius 1 is 1.53 bits per heavy atom. The van der Waals surface area contributed by atoms with Crippen molar-refractivity contribution in [2.75, 3.05) is 7.05 Å². The van der Waals surface area contributed by atoms with Crippen LogP contribution in [0.1, 0.15) is 31.4 Å². The maximum atomic E-state index is 13.7. The third kappa shape index (κ3) is 3.16. The van der Waals surface area contributed by atoms with Crippen molar-refractivity contribution < 1.29 is 4.39 Å². The summed E-state index contributed by atoms with van der Waals surface area (Å²) in [7, 11) is 1.83. The molecule has 0 aliphatic heterocycles. The summed E-state index contributed by atoms with van der Waals surface area (Å²) in [5, 5.41) is 3.64. The van der Waals surface area contributed by atoms with E-state index in [0.717, 1.165) is 12.8 Å². The lowest BCUT2D eigenvalue weighted by atomic mass is 10.0. The van der Waals surface area contributed by atoms with Crippen molar-refractivity contribution in [2.24, 2.45) is 0 Å². The lowest BCUT2D eigenvalue weighted by molar-refractivity contribution is 0.503.